The monoisotopic (exact) mass is 288 g/mol. The number of aromatic nitrogens is 2. The van der Waals surface area contributed by atoms with E-state index in [2.05, 4.69) is 42.8 Å². The van der Waals surface area contributed by atoms with Crippen LogP contribution in [0.1, 0.15) is 16.3 Å². The van der Waals surface area contributed by atoms with Gasteiger partial charge in [-0.25, -0.2) is 4.98 Å². The Hall–Kier alpha value is -0.260. The molecule has 0 bridgehead atoms. The Morgan fingerprint density at radius 3 is 2.93 bits per heavy atom. The van der Waals surface area contributed by atoms with Gasteiger partial charge < -0.3 is 0 Å². The summed E-state index contributed by atoms with van der Waals surface area (Å²) in [6.07, 6.45) is 3.33. The number of rotatable bonds is 4. The molecule has 0 aliphatic rings. The largest absolute Gasteiger partial charge is 0.214 e. The maximum atomic E-state index is 4.26. The molecule has 0 unspecified atom stereocenters. The van der Waals surface area contributed by atoms with Crippen LogP contribution in [0.5, 0.6) is 0 Å². The van der Waals surface area contributed by atoms with E-state index in [9.17, 15) is 0 Å². The van der Waals surface area contributed by atoms with Crippen LogP contribution in [0, 0.1) is 0 Å². The van der Waals surface area contributed by atoms with E-state index in [0.717, 1.165) is 24.3 Å². The fraction of sp³-hybridized carbons (Fsp3) is 0.333. The summed E-state index contributed by atoms with van der Waals surface area (Å²) in [5.41, 5.74) is 0. The number of thiophene rings is 1. The first-order valence-electron chi connectivity index (χ1n) is 4.35. The van der Waals surface area contributed by atoms with Crippen LogP contribution in [0.3, 0.4) is 0 Å². The molecule has 14 heavy (non-hydrogen) atoms. The Bertz CT molecular complexity index is 383. The Morgan fingerprint density at radius 1 is 1.36 bits per heavy atom. The lowest BCUT2D eigenvalue weighted by atomic mass is 10.2. The van der Waals surface area contributed by atoms with Crippen LogP contribution < -0.4 is 0 Å². The van der Waals surface area contributed by atoms with Crippen molar-refractivity contribution in [2.45, 2.75) is 19.3 Å². The van der Waals surface area contributed by atoms with E-state index in [1.807, 2.05) is 11.3 Å². The average molecular weight is 289 g/mol. The van der Waals surface area contributed by atoms with Crippen LogP contribution in [-0.2, 0) is 12.8 Å². The van der Waals surface area contributed by atoms with Crippen molar-refractivity contribution in [3.05, 3.63) is 32.1 Å². The molecule has 0 atom stereocenters. The first-order valence-corrected chi connectivity index (χ1v) is 6.79. The lowest BCUT2D eigenvalue weighted by Crippen LogP contribution is -1.86. The van der Waals surface area contributed by atoms with Crippen molar-refractivity contribution in [3.8, 4) is 0 Å². The van der Waals surface area contributed by atoms with Crippen LogP contribution in [0.25, 0.3) is 0 Å². The van der Waals surface area contributed by atoms with Gasteiger partial charge in [0.15, 0.2) is 0 Å². The lowest BCUT2D eigenvalue weighted by molar-refractivity contribution is 0.822. The maximum Gasteiger partial charge on any atom is 0.209 e. The highest BCUT2D eigenvalue weighted by Crippen LogP contribution is 2.15. The van der Waals surface area contributed by atoms with Crippen molar-refractivity contribution >= 4 is 38.8 Å². The van der Waals surface area contributed by atoms with Gasteiger partial charge in [0.25, 0.3) is 0 Å². The molecule has 0 aromatic carbocycles. The number of hydrogen-bond acceptors (Lipinski definition) is 4. The van der Waals surface area contributed by atoms with Gasteiger partial charge >= 0.3 is 0 Å². The first-order chi connectivity index (χ1) is 6.84. The Kier molecular flexibility index (Phi) is 3.67. The lowest BCUT2D eigenvalue weighted by Gasteiger charge is -1.94. The summed E-state index contributed by atoms with van der Waals surface area (Å²) < 4.78 is 4.80. The smallest absolute Gasteiger partial charge is 0.209 e. The van der Waals surface area contributed by atoms with Crippen molar-refractivity contribution in [1.82, 2.24) is 9.36 Å². The van der Waals surface area contributed by atoms with Gasteiger partial charge in [-0.3, -0.25) is 0 Å². The Morgan fingerprint density at radius 2 is 2.29 bits per heavy atom. The molecule has 2 heterocycles. The Balaban J connectivity index is 1.78. The number of aryl methyl sites for hydroxylation is 2. The predicted octanol–water partition coefficient (Wildman–Crippen LogP) is 3.54. The van der Waals surface area contributed by atoms with Gasteiger partial charge in [0.2, 0.25) is 4.73 Å². The van der Waals surface area contributed by atoms with Crippen molar-refractivity contribution in [2.24, 2.45) is 0 Å². The third-order valence-corrected chi connectivity index (χ3v) is 4.13. The Labute approximate surface area is 99.3 Å². The summed E-state index contributed by atoms with van der Waals surface area (Å²) in [4.78, 5) is 5.71. The van der Waals surface area contributed by atoms with E-state index in [4.69, 9.17) is 0 Å². The van der Waals surface area contributed by atoms with Crippen molar-refractivity contribution < 1.29 is 0 Å². The second-order valence-corrected chi connectivity index (χ2v) is 5.47. The molecule has 0 fully saturated rings. The molecular weight excluding hydrogens is 280 g/mol. The molecule has 0 saturated carbocycles. The molecule has 0 aliphatic carbocycles. The molecule has 2 rings (SSSR count). The molecule has 74 valence electrons. The summed E-state index contributed by atoms with van der Waals surface area (Å²) >= 11 is 6.56. The second kappa shape index (κ2) is 5.00. The van der Waals surface area contributed by atoms with Crippen molar-refractivity contribution in [2.75, 3.05) is 0 Å². The zero-order valence-corrected chi connectivity index (χ0v) is 10.7. The third-order valence-electron chi connectivity index (χ3n) is 1.84. The quantitative estimate of drug-likeness (QED) is 0.860. The van der Waals surface area contributed by atoms with Crippen LogP contribution in [0.4, 0.5) is 0 Å². The molecule has 2 nitrogen and oxygen atoms in total. The zero-order valence-electron chi connectivity index (χ0n) is 7.44. The van der Waals surface area contributed by atoms with Gasteiger partial charge in [-0.1, -0.05) is 6.07 Å². The van der Waals surface area contributed by atoms with Gasteiger partial charge in [0, 0.05) is 11.3 Å². The fourth-order valence-electron chi connectivity index (χ4n) is 1.20. The van der Waals surface area contributed by atoms with Crippen LogP contribution in [-0.4, -0.2) is 9.36 Å². The molecule has 0 spiro atoms. The van der Waals surface area contributed by atoms with E-state index >= 15 is 0 Å². The molecule has 0 N–H and O–H groups in total. The molecular formula is C9H9BrN2S2. The van der Waals surface area contributed by atoms with Gasteiger partial charge in [-0.2, -0.15) is 4.37 Å². The van der Waals surface area contributed by atoms with Crippen molar-refractivity contribution in [1.29, 1.82) is 0 Å². The summed E-state index contributed by atoms with van der Waals surface area (Å²) in [6, 6.07) is 4.28. The molecule has 0 saturated heterocycles. The highest BCUT2D eigenvalue weighted by Gasteiger charge is 2.01. The summed E-state index contributed by atoms with van der Waals surface area (Å²) in [7, 11) is 0. The standard InChI is InChI=1S/C9H9BrN2S2/c10-9-11-8(14-12-9)5-1-3-7-4-2-6-13-7/h2,4,6H,1,3,5H2. The minimum absolute atomic E-state index is 0.716. The first kappa shape index (κ1) is 10.3. The normalized spacial score (nSPS) is 10.6. The fourth-order valence-corrected chi connectivity index (χ4v) is 3.09. The number of hydrogen-bond donors (Lipinski definition) is 0. The summed E-state index contributed by atoms with van der Waals surface area (Å²) in [6.45, 7) is 0. The van der Waals surface area contributed by atoms with Crippen molar-refractivity contribution in [3.63, 3.8) is 0 Å². The molecule has 0 amide bonds. The van der Waals surface area contributed by atoms with Gasteiger partial charge in [0.05, 0.1) is 0 Å². The highest BCUT2D eigenvalue weighted by molar-refractivity contribution is 9.10. The van der Waals surface area contributed by atoms with Crippen LogP contribution in [0.2, 0.25) is 0 Å². The molecule has 2 aromatic heterocycles. The second-order valence-electron chi connectivity index (χ2n) is 2.89. The van der Waals surface area contributed by atoms with Crippen LogP contribution >= 0.6 is 38.8 Å². The number of nitrogens with zero attached hydrogens (tertiary/aromatic N) is 2. The van der Waals surface area contributed by atoms with E-state index in [-0.39, 0.29) is 0 Å². The molecule has 0 radical (unpaired) electrons. The van der Waals surface area contributed by atoms with E-state index in [0.29, 0.717) is 4.73 Å². The summed E-state index contributed by atoms with van der Waals surface area (Å²) in [5, 5.41) is 3.24. The minimum atomic E-state index is 0.716. The minimum Gasteiger partial charge on any atom is -0.214 e. The highest BCUT2D eigenvalue weighted by atomic mass is 79.9. The average Bonchev–Trinajstić information content (AvgIpc) is 2.77. The molecule has 0 aliphatic heterocycles. The van der Waals surface area contributed by atoms with E-state index < -0.39 is 0 Å². The molecule has 5 heteroatoms. The molecule has 2 aromatic rings. The van der Waals surface area contributed by atoms with Gasteiger partial charge in [0.1, 0.15) is 5.01 Å². The third kappa shape index (κ3) is 2.87. The SMILES string of the molecule is Brc1nsc(CCCc2cccs2)n1. The van der Waals surface area contributed by atoms with Crippen LogP contribution in [0.15, 0.2) is 22.2 Å². The van der Waals surface area contributed by atoms with Gasteiger partial charge in [-0.15, -0.1) is 11.3 Å². The summed E-state index contributed by atoms with van der Waals surface area (Å²) in [5.74, 6) is 0. The predicted molar refractivity (Wildman–Crippen MR) is 64.0 cm³/mol. The van der Waals surface area contributed by atoms with Gasteiger partial charge in [-0.05, 0) is 51.8 Å². The van der Waals surface area contributed by atoms with E-state index in [1.165, 1.54) is 16.4 Å². The topological polar surface area (TPSA) is 25.8 Å². The zero-order chi connectivity index (χ0) is 9.80. The number of halogens is 1. The maximum absolute atomic E-state index is 4.26. The van der Waals surface area contributed by atoms with E-state index in [1.54, 1.807) is 0 Å².